The fraction of sp³-hybridized carbons (Fsp3) is 0.500. The van der Waals surface area contributed by atoms with E-state index in [0.29, 0.717) is 0 Å². The van der Waals surface area contributed by atoms with Crippen LogP contribution in [0.25, 0.3) is 0 Å². The Bertz CT molecular complexity index is 328. The molecule has 1 aromatic heterocycles. The van der Waals surface area contributed by atoms with E-state index in [2.05, 4.69) is 28.8 Å². The van der Waals surface area contributed by atoms with Gasteiger partial charge in [0, 0.05) is 36.5 Å². The number of thioether (sulfide) groups is 1. The molecule has 0 saturated heterocycles. The highest BCUT2D eigenvalue weighted by Crippen LogP contribution is 2.11. The first kappa shape index (κ1) is 13.2. The Kier molecular flexibility index (Phi) is 6.11. The van der Waals surface area contributed by atoms with E-state index in [1.54, 1.807) is 12.4 Å². The van der Waals surface area contributed by atoms with Crippen molar-refractivity contribution in [3.8, 4) is 0 Å². The molecule has 0 aliphatic carbocycles. The summed E-state index contributed by atoms with van der Waals surface area (Å²) in [6, 6.07) is 0.262. The average molecular weight is 237 g/mol. The predicted molar refractivity (Wildman–Crippen MR) is 70.7 cm³/mol. The number of aromatic nitrogens is 2. The number of aryl methyl sites for hydroxylation is 1. The first-order valence-corrected chi connectivity index (χ1v) is 6.60. The normalized spacial score (nSPS) is 12.4. The van der Waals surface area contributed by atoms with Crippen molar-refractivity contribution in [2.45, 2.75) is 19.9 Å². The molecule has 0 amide bonds. The maximum Gasteiger partial charge on any atom is 0.0782 e. The Labute approximate surface area is 102 Å². The molecule has 0 aromatic carbocycles. The summed E-state index contributed by atoms with van der Waals surface area (Å²) in [5, 5.41) is 3.44. The third kappa shape index (κ3) is 4.33. The lowest BCUT2D eigenvalue weighted by atomic mass is 10.2. The van der Waals surface area contributed by atoms with Crippen LogP contribution in [0.2, 0.25) is 0 Å². The molecular weight excluding hydrogens is 218 g/mol. The van der Waals surface area contributed by atoms with E-state index in [1.807, 2.05) is 24.8 Å². The Balaban J connectivity index is 2.32. The third-order valence-corrected chi connectivity index (χ3v) is 3.23. The van der Waals surface area contributed by atoms with Crippen LogP contribution in [0, 0.1) is 6.92 Å². The standard InChI is InChI=1S/C12H19N3S/c1-4-8-16-9-7-14-11(3)12-10(2)13-5-6-15-12/h4-6,11,14H,1,7-9H2,2-3H3. The van der Waals surface area contributed by atoms with Gasteiger partial charge in [-0.2, -0.15) is 11.8 Å². The van der Waals surface area contributed by atoms with Gasteiger partial charge >= 0.3 is 0 Å². The first-order chi connectivity index (χ1) is 7.75. The molecule has 88 valence electrons. The molecular formula is C12H19N3S. The van der Waals surface area contributed by atoms with E-state index in [-0.39, 0.29) is 6.04 Å². The Morgan fingerprint density at radius 3 is 2.94 bits per heavy atom. The second-order valence-electron chi connectivity index (χ2n) is 3.57. The van der Waals surface area contributed by atoms with Crippen LogP contribution in [-0.4, -0.2) is 28.0 Å². The number of rotatable bonds is 7. The van der Waals surface area contributed by atoms with E-state index in [0.717, 1.165) is 29.4 Å². The molecule has 0 aliphatic rings. The zero-order valence-corrected chi connectivity index (χ0v) is 10.8. The lowest BCUT2D eigenvalue weighted by Crippen LogP contribution is -2.23. The number of nitrogens with zero attached hydrogens (tertiary/aromatic N) is 2. The lowest BCUT2D eigenvalue weighted by Gasteiger charge is -2.14. The van der Waals surface area contributed by atoms with Crippen molar-refractivity contribution in [2.24, 2.45) is 0 Å². The molecule has 1 atom stereocenters. The van der Waals surface area contributed by atoms with E-state index in [4.69, 9.17) is 0 Å². The summed E-state index contributed by atoms with van der Waals surface area (Å²) < 4.78 is 0. The van der Waals surface area contributed by atoms with Gasteiger partial charge in [-0.3, -0.25) is 9.97 Å². The molecule has 0 saturated carbocycles. The molecule has 1 N–H and O–H groups in total. The molecule has 4 heteroatoms. The van der Waals surface area contributed by atoms with E-state index in [1.165, 1.54) is 0 Å². The fourth-order valence-electron chi connectivity index (χ4n) is 1.45. The Morgan fingerprint density at radius 2 is 2.25 bits per heavy atom. The van der Waals surface area contributed by atoms with E-state index in [9.17, 15) is 0 Å². The second kappa shape index (κ2) is 7.41. The van der Waals surface area contributed by atoms with Crippen molar-refractivity contribution >= 4 is 11.8 Å². The second-order valence-corrected chi connectivity index (χ2v) is 4.72. The molecule has 1 aromatic rings. The lowest BCUT2D eigenvalue weighted by molar-refractivity contribution is 0.579. The van der Waals surface area contributed by atoms with Gasteiger partial charge in [0.05, 0.1) is 11.4 Å². The van der Waals surface area contributed by atoms with Gasteiger partial charge in [-0.15, -0.1) is 6.58 Å². The topological polar surface area (TPSA) is 37.8 Å². The zero-order chi connectivity index (χ0) is 11.8. The van der Waals surface area contributed by atoms with Crippen molar-refractivity contribution in [2.75, 3.05) is 18.1 Å². The summed E-state index contributed by atoms with van der Waals surface area (Å²) >= 11 is 1.88. The Morgan fingerprint density at radius 1 is 1.50 bits per heavy atom. The highest BCUT2D eigenvalue weighted by atomic mass is 32.2. The van der Waals surface area contributed by atoms with Gasteiger partial charge in [0.15, 0.2) is 0 Å². The maximum atomic E-state index is 4.35. The average Bonchev–Trinajstić information content (AvgIpc) is 2.29. The molecule has 0 aliphatic heterocycles. The summed E-state index contributed by atoms with van der Waals surface area (Å²) in [6.07, 6.45) is 5.40. The quantitative estimate of drug-likeness (QED) is 0.583. The molecule has 0 spiro atoms. The van der Waals surface area contributed by atoms with Crippen LogP contribution < -0.4 is 5.32 Å². The highest BCUT2D eigenvalue weighted by molar-refractivity contribution is 7.99. The molecule has 3 nitrogen and oxygen atoms in total. The summed E-state index contributed by atoms with van der Waals surface area (Å²) in [6.45, 7) is 8.79. The summed E-state index contributed by atoms with van der Waals surface area (Å²) in [4.78, 5) is 8.58. The van der Waals surface area contributed by atoms with Gasteiger partial charge < -0.3 is 5.32 Å². The Hall–Kier alpha value is -0.870. The third-order valence-electron chi connectivity index (χ3n) is 2.26. The zero-order valence-electron chi connectivity index (χ0n) is 9.94. The molecule has 16 heavy (non-hydrogen) atoms. The largest absolute Gasteiger partial charge is 0.308 e. The van der Waals surface area contributed by atoms with Crippen LogP contribution in [0.15, 0.2) is 25.0 Å². The maximum absolute atomic E-state index is 4.35. The summed E-state index contributed by atoms with van der Waals surface area (Å²) in [7, 11) is 0. The van der Waals surface area contributed by atoms with Gasteiger partial charge in [0.25, 0.3) is 0 Å². The van der Waals surface area contributed by atoms with Crippen LogP contribution in [0.5, 0.6) is 0 Å². The van der Waals surface area contributed by atoms with Gasteiger partial charge in [-0.25, -0.2) is 0 Å². The van der Waals surface area contributed by atoms with Gasteiger partial charge in [0.2, 0.25) is 0 Å². The van der Waals surface area contributed by atoms with Crippen molar-refractivity contribution in [3.63, 3.8) is 0 Å². The fourth-order valence-corrected chi connectivity index (χ4v) is 2.05. The van der Waals surface area contributed by atoms with Crippen LogP contribution in [0.1, 0.15) is 24.4 Å². The summed E-state index contributed by atoms with van der Waals surface area (Å²) in [5.41, 5.74) is 2.04. The van der Waals surface area contributed by atoms with Gasteiger partial charge in [-0.1, -0.05) is 6.08 Å². The van der Waals surface area contributed by atoms with Gasteiger partial charge in [0.1, 0.15) is 0 Å². The van der Waals surface area contributed by atoms with Crippen molar-refractivity contribution < 1.29 is 0 Å². The van der Waals surface area contributed by atoms with Gasteiger partial charge in [-0.05, 0) is 13.8 Å². The smallest absolute Gasteiger partial charge is 0.0782 e. The highest BCUT2D eigenvalue weighted by Gasteiger charge is 2.08. The first-order valence-electron chi connectivity index (χ1n) is 5.45. The van der Waals surface area contributed by atoms with E-state index < -0.39 is 0 Å². The van der Waals surface area contributed by atoms with Crippen molar-refractivity contribution in [1.82, 2.24) is 15.3 Å². The SMILES string of the molecule is C=CCSCCNC(C)c1nccnc1C. The van der Waals surface area contributed by atoms with E-state index >= 15 is 0 Å². The molecule has 0 radical (unpaired) electrons. The van der Waals surface area contributed by atoms with Crippen molar-refractivity contribution in [3.05, 3.63) is 36.4 Å². The minimum atomic E-state index is 0.262. The predicted octanol–water partition coefficient (Wildman–Crippen LogP) is 2.35. The summed E-state index contributed by atoms with van der Waals surface area (Å²) in [5.74, 6) is 2.11. The van der Waals surface area contributed by atoms with Crippen LogP contribution in [0.4, 0.5) is 0 Å². The minimum Gasteiger partial charge on any atom is -0.308 e. The molecule has 1 unspecified atom stereocenters. The molecule has 0 fully saturated rings. The van der Waals surface area contributed by atoms with Crippen LogP contribution in [0.3, 0.4) is 0 Å². The van der Waals surface area contributed by atoms with Crippen molar-refractivity contribution in [1.29, 1.82) is 0 Å². The monoisotopic (exact) mass is 237 g/mol. The van der Waals surface area contributed by atoms with Crippen LogP contribution in [-0.2, 0) is 0 Å². The van der Waals surface area contributed by atoms with Crippen LogP contribution >= 0.6 is 11.8 Å². The number of nitrogens with one attached hydrogen (secondary N) is 1. The molecule has 1 rings (SSSR count). The number of hydrogen-bond acceptors (Lipinski definition) is 4. The minimum absolute atomic E-state index is 0.262. The number of hydrogen-bond donors (Lipinski definition) is 1. The molecule has 0 bridgehead atoms. The molecule has 1 heterocycles.